The third-order valence-corrected chi connectivity index (χ3v) is 2.81. The Labute approximate surface area is 74.8 Å². The van der Waals surface area contributed by atoms with E-state index in [4.69, 9.17) is 0 Å². The predicted octanol–water partition coefficient (Wildman–Crippen LogP) is 2.36. The Morgan fingerprint density at radius 2 is 1.50 bits per heavy atom. The molecule has 1 aliphatic carbocycles. The zero-order valence-corrected chi connectivity index (χ0v) is 7.84. The summed E-state index contributed by atoms with van der Waals surface area (Å²) in [6.45, 7) is 2.45. The average Bonchev–Trinajstić information content (AvgIpc) is 2.32. The molecule has 1 heterocycles. The molecule has 0 aromatic rings. The second kappa shape index (κ2) is 3.44. The van der Waals surface area contributed by atoms with E-state index in [0.29, 0.717) is 0 Å². The zero-order valence-electron chi connectivity index (χ0n) is 7.84. The van der Waals surface area contributed by atoms with E-state index in [-0.39, 0.29) is 0 Å². The molecule has 0 atom stereocenters. The minimum atomic E-state index is 1.23. The van der Waals surface area contributed by atoms with Crippen molar-refractivity contribution in [1.29, 1.82) is 0 Å². The maximum atomic E-state index is 2.43. The van der Waals surface area contributed by atoms with Crippen LogP contribution in [0.25, 0.3) is 0 Å². The quantitative estimate of drug-likeness (QED) is 0.495. The first-order valence-electron chi connectivity index (χ1n) is 4.89. The van der Waals surface area contributed by atoms with Gasteiger partial charge in [-0.15, -0.1) is 0 Å². The molecule has 0 saturated heterocycles. The van der Waals surface area contributed by atoms with Crippen LogP contribution in [0.2, 0.25) is 0 Å². The summed E-state index contributed by atoms with van der Waals surface area (Å²) in [5.74, 6) is 0. The third-order valence-electron chi connectivity index (χ3n) is 2.81. The van der Waals surface area contributed by atoms with E-state index in [1.165, 1.54) is 38.8 Å². The first kappa shape index (κ1) is 8.06. The molecule has 1 heteroatoms. The molecule has 0 saturated carbocycles. The highest BCUT2D eigenvalue weighted by Crippen LogP contribution is 2.25. The predicted molar refractivity (Wildman–Crippen MR) is 52.1 cm³/mol. The van der Waals surface area contributed by atoms with E-state index in [0.717, 1.165) is 0 Å². The number of hydrogen-bond acceptors (Lipinski definition) is 1. The first-order chi connectivity index (χ1) is 5.86. The fraction of sp³-hybridized carbons (Fsp3) is 0.636. The molecule has 0 unspecified atom stereocenters. The fourth-order valence-electron chi connectivity index (χ4n) is 2.19. The van der Waals surface area contributed by atoms with Crippen molar-refractivity contribution in [3.8, 4) is 0 Å². The topological polar surface area (TPSA) is 3.24 Å². The van der Waals surface area contributed by atoms with E-state index >= 15 is 0 Å². The number of rotatable bonds is 0. The van der Waals surface area contributed by atoms with Crippen LogP contribution in [0.3, 0.4) is 0 Å². The lowest BCUT2D eigenvalue weighted by Crippen LogP contribution is -2.14. The summed E-state index contributed by atoms with van der Waals surface area (Å²) >= 11 is 0. The Morgan fingerprint density at radius 1 is 1.00 bits per heavy atom. The smallest absolute Gasteiger partial charge is 0.0196 e. The lowest BCUT2D eigenvalue weighted by Gasteiger charge is -2.06. The SMILES string of the molecule is CN1CC2=C(CC/C=C/CC2)C1. The summed E-state index contributed by atoms with van der Waals surface area (Å²) in [4.78, 5) is 2.43. The van der Waals surface area contributed by atoms with Crippen LogP contribution in [0.15, 0.2) is 23.3 Å². The summed E-state index contributed by atoms with van der Waals surface area (Å²) in [7, 11) is 2.22. The second-order valence-corrected chi connectivity index (χ2v) is 3.93. The van der Waals surface area contributed by atoms with Gasteiger partial charge in [0, 0.05) is 13.1 Å². The molecule has 1 aliphatic heterocycles. The molecule has 12 heavy (non-hydrogen) atoms. The van der Waals surface area contributed by atoms with Gasteiger partial charge in [-0.25, -0.2) is 0 Å². The average molecular weight is 163 g/mol. The highest BCUT2D eigenvalue weighted by atomic mass is 15.1. The Hall–Kier alpha value is -0.560. The summed E-state index contributed by atoms with van der Waals surface area (Å²) in [5, 5.41) is 0. The van der Waals surface area contributed by atoms with Gasteiger partial charge in [0.15, 0.2) is 0 Å². The lowest BCUT2D eigenvalue weighted by atomic mass is 9.99. The number of allylic oxidation sites excluding steroid dienone is 2. The van der Waals surface area contributed by atoms with Crippen molar-refractivity contribution >= 4 is 0 Å². The third kappa shape index (κ3) is 1.61. The minimum absolute atomic E-state index is 1.23. The molecule has 1 nitrogen and oxygen atoms in total. The maximum Gasteiger partial charge on any atom is 0.0196 e. The van der Waals surface area contributed by atoms with Gasteiger partial charge in [0.25, 0.3) is 0 Å². The Balaban J connectivity index is 2.07. The van der Waals surface area contributed by atoms with Gasteiger partial charge >= 0.3 is 0 Å². The summed E-state index contributed by atoms with van der Waals surface area (Å²) in [5.41, 5.74) is 3.45. The van der Waals surface area contributed by atoms with Crippen molar-refractivity contribution in [3.05, 3.63) is 23.3 Å². The van der Waals surface area contributed by atoms with Crippen molar-refractivity contribution in [2.45, 2.75) is 25.7 Å². The molecular weight excluding hydrogens is 146 g/mol. The van der Waals surface area contributed by atoms with Crippen LogP contribution in [-0.4, -0.2) is 25.0 Å². The Kier molecular flexibility index (Phi) is 2.31. The van der Waals surface area contributed by atoms with Crippen LogP contribution in [0.1, 0.15) is 25.7 Å². The van der Waals surface area contributed by atoms with Gasteiger partial charge in [0.2, 0.25) is 0 Å². The molecular formula is C11H17N. The molecule has 0 aromatic heterocycles. The number of likely N-dealkylation sites (N-methyl/N-ethyl adjacent to an activating group) is 1. The van der Waals surface area contributed by atoms with Crippen LogP contribution in [0.5, 0.6) is 0 Å². The van der Waals surface area contributed by atoms with Crippen LogP contribution >= 0.6 is 0 Å². The van der Waals surface area contributed by atoms with Gasteiger partial charge in [-0.2, -0.15) is 0 Å². The van der Waals surface area contributed by atoms with Gasteiger partial charge in [-0.3, -0.25) is 4.90 Å². The molecule has 66 valence electrons. The zero-order chi connectivity index (χ0) is 8.39. The normalized spacial score (nSPS) is 28.1. The number of nitrogens with zero attached hydrogens (tertiary/aromatic N) is 1. The standard InChI is InChI=1S/C11H17N/c1-12-8-10-6-4-2-3-5-7-11(10)9-12/h2-3H,4-9H2,1H3/b3-2+. The molecule has 0 spiro atoms. The van der Waals surface area contributed by atoms with Gasteiger partial charge in [-0.05, 0) is 32.7 Å². The van der Waals surface area contributed by atoms with E-state index in [1.54, 1.807) is 11.1 Å². The molecule has 2 aliphatic rings. The van der Waals surface area contributed by atoms with Crippen LogP contribution in [0, 0.1) is 0 Å². The number of hydrogen-bond donors (Lipinski definition) is 0. The van der Waals surface area contributed by atoms with Gasteiger partial charge < -0.3 is 0 Å². The summed E-state index contributed by atoms with van der Waals surface area (Å²) in [6.07, 6.45) is 9.79. The molecule has 0 bridgehead atoms. The van der Waals surface area contributed by atoms with Crippen LogP contribution < -0.4 is 0 Å². The van der Waals surface area contributed by atoms with E-state index in [1.807, 2.05) is 0 Å². The maximum absolute atomic E-state index is 2.43. The van der Waals surface area contributed by atoms with Crippen molar-refractivity contribution in [2.75, 3.05) is 20.1 Å². The fourth-order valence-corrected chi connectivity index (χ4v) is 2.19. The molecule has 0 radical (unpaired) electrons. The van der Waals surface area contributed by atoms with Crippen molar-refractivity contribution < 1.29 is 0 Å². The molecule has 0 N–H and O–H groups in total. The molecule has 2 rings (SSSR count). The van der Waals surface area contributed by atoms with E-state index in [9.17, 15) is 0 Å². The lowest BCUT2D eigenvalue weighted by molar-refractivity contribution is 0.420. The second-order valence-electron chi connectivity index (χ2n) is 3.93. The molecule has 0 amide bonds. The summed E-state index contributed by atoms with van der Waals surface area (Å²) < 4.78 is 0. The van der Waals surface area contributed by atoms with Gasteiger partial charge in [0.1, 0.15) is 0 Å². The van der Waals surface area contributed by atoms with Gasteiger partial charge in [0.05, 0.1) is 0 Å². The summed E-state index contributed by atoms with van der Waals surface area (Å²) in [6, 6.07) is 0. The van der Waals surface area contributed by atoms with E-state index < -0.39 is 0 Å². The van der Waals surface area contributed by atoms with Crippen LogP contribution in [0.4, 0.5) is 0 Å². The van der Waals surface area contributed by atoms with Crippen LogP contribution in [-0.2, 0) is 0 Å². The van der Waals surface area contributed by atoms with Crippen molar-refractivity contribution in [3.63, 3.8) is 0 Å². The first-order valence-corrected chi connectivity index (χ1v) is 4.89. The highest BCUT2D eigenvalue weighted by molar-refractivity contribution is 5.24. The Morgan fingerprint density at radius 3 is 2.00 bits per heavy atom. The highest BCUT2D eigenvalue weighted by Gasteiger charge is 2.17. The van der Waals surface area contributed by atoms with Gasteiger partial charge in [-0.1, -0.05) is 23.3 Å². The van der Waals surface area contributed by atoms with E-state index in [2.05, 4.69) is 24.1 Å². The minimum Gasteiger partial charge on any atom is -0.299 e. The van der Waals surface area contributed by atoms with Crippen molar-refractivity contribution in [2.24, 2.45) is 0 Å². The molecule has 0 aromatic carbocycles. The Bertz CT molecular complexity index is 203. The van der Waals surface area contributed by atoms with Crippen molar-refractivity contribution in [1.82, 2.24) is 4.90 Å². The largest absolute Gasteiger partial charge is 0.299 e. The molecule has 0 fully saturated rings. The monoisotopic (exact) mass is 163 g/mol.